The van der Waals surface area contributed by atoms with E-state index >= 15 is 0 Å². The highest BCUT2D eigenvalue weighted by Crippen LogP contribution is 2.21. The molecule has 1 fully saturated rings. The van der Waals surface area contributed by atoms with Gasteiger partial charge >= 0.3 is 5.97 Å². The maximum Gasteiger partial charge on any atom is 0.305 e. The van der Waals surface area contributed by atoms with Crippen molar-refractivity contribution in [3.63, 3.8) is 0 Å². The summed E-state index contributed by atoms with van der Waals surface area (Å²) in [5.41, 5.74) is 0. The molecular formula is C8H14O7. The molecule has 0 saturated carbocycles. The highest BCUT2D eigenvalue weighted by atomic mass is 16.7. The van der Waals surface area contributed by atoms with Gasteiger partial charge in [0.05, 0.1) is 6.61 Å². The van der Waals surface area contributed by atoms with Crippen LogP contribution in [0.25, 0.3) is 0 Å². The minimum Gasteiger partial charge on any atom is -0.433 e. The van der Waals surface area contributed by atoms with E-state index in [1.807, 2.05) is 0 Å². The molecule has 0 aromatic carbocycles. The van der Waals surface area contributed by atoms with Gasteiger partial charge in [-0.05, 0) is 0 Å². The van der Waals surface area contributed by atoms with E-state index in [0.29, 0.717) is 0 Å². The molecular weight excluding hydrogens is 208 g/mol. The van der Waals surface area contributed by atoms with Crippen molar-refractivity contribution in [2.45, 2.75) is 37.6 Å². The van der Waals surface area contributed by atoms with Gasteiger partial charge < -0.3 is 29.9 Å². The Morgan fingerprint density at radius 2 is 2.07 bits per heavy atom. The van der Waals surface area contributed by atoms with Gasteiger partial charge in [0.1, 0.15) is 24.4 Å². The van der Waals surface area contributed by atoms with Gasteiger partial charge in [0, 0.05) is 8.27 Å². The lowest BCUT2D eigenvalue weighted by atomic mass is 9.99. The molecule has 1 aliphatic rings. The molecule has 0 amide bonds. The lowest BCUT2D eigenvalue weighted by Gasteiger charge is -2.38. The minimum absolute atomic E-state index is 0.597. The number of rotatable bonds is 2. The van der Waals surface area contributed by atoms with E-state index in [1.54, 1.807) is 0 Å². The van der Waals surface area contributed by atoms with Crippen LogP contribution in [0.1, 0.15) is 8.27 Å². The van der Waals surface area contributed by atoms with Gasteiger partial charge in [0.2, 0.25) is 6.29 Å². The van der Waals surface area contributed by atoms with Crippen molar-refractivity contribution in [3.8, 4) is 0 Å². The Bertz CT molecular complexity index is 247. The molecule has 1 unspecified atom stereocenters. The average Bonchev–Trinajstić information content (AvgIpc) is 2.29. The summed E-state index contributed by atoms with van der Waals surface area (Å²) in [4.78, 5) is 10.8. The van der Waals surface area contributed by atoms with Crippen LogP contribution in [0.5, 0.6) is 0 Å². The number of carbonyl (C=O) groups excluding carboxylic acids is 1. The number of hydrogen-bond donors (Lipinski definition) is 4. The third-order valence-corrected chi connectivity index (χ3v) is 2.10. The van der Waals surface area contributed by atoms with Crippen LogP contribution in [0.2, 0.25) is 0 Å². The van der Waals surface area contributed by atoms with Crippen LogP contribution < -0.4 is 0 Å². The molecule has 1 saturated heterocycles. The largest absolute Gasteiger partial charge is 0.433 e. The number of esters is 1. The Balaban J connectivity index is 2.67. The van der Waals surface area contributed by atoms with Crippen molar-refractivity contribution in [2.24, 2.45) is 0 Å². The second kappa shape index (κ2) is 4.86. The first-order chi connectivity index (χ1) is 7.51. The van der Waals surface area contributed by atoms with Crippen molar-refractivity contribution in [1.82, 2.24) is 0 Å². The maximum atomic E-state index is 10.8. The molecule has 1 aliphatic heterocycles. The third-order valence-electron chi connectivity index (χ3n) is 2.10. The zero-order valence-corrected chi connectivity index (χ0v) is 7.81. The molecule has 15 heavy (non-hydrogen) atoms. The molecule has 0 aromatic heterocycles. The topological polar surface area (TPSA) is 116 Å². The van der Waals surface area contributed by atoms with Crippen molar-refractivity contribution in [2.75, 3.05) is 6.61 Å². The van der Waals surface area contributed by atoms with Gasteiger partial charge in [0.25, 0.3) is 0 Å². The summed E-state index contributed by atoms with van der Waals surface area (Å²) in [5, 5.41) is 36.9. The minimum atomic E-state index is -1.62. The first-order valence-corrected chi connectivity index (χ1v) is 4.30. The Kier molecular flexibility index (Phi) is 3.49. The van der Waals surface area contributed by atoms with Crippen molar-refractivity contribution in [3.05, 3.63) is 0 Å². The first-order valence-electron chi connectivity index (χ1n) is 5.01. The van der Waals surface area contributed by atoms with Crippen molar-refractivity contribution >= 4 is 5.97 Å². The summed E-state index contributed by atoms with van der Waals surface area (Å²) < 4.78 is 16.1. The lowest BCUT2D eigenvalue weighted by Crippen LogP contribution is -2.59. The van der Waals surface area contributed by atoms with Crippen LogP contribution in [0, 0.1) is 0 Å². The molecule has 0 aliphatic carbocycles. The zero-order chi connectivity index (χ0) is 12.3. The van der Waals surface area contributed by atoms with E-state index in [9.17, 15) is 20.1 Å². The predicted molar refractivity (Wildman–Crippen MR) is 45.5 cm³/mol. The van der Waals surface area contributed by atoms with Crippen LogP contribution in [-0.4, -0.2) is 63.7 Å². The Morgan fingerprint density at radius 1 is 1.40 bits per heavy atom. The molecule has 4 N–H and O–H groups in total. The van der Waals surface area contributed by atoms with Crippen LogP contribution in [0.15, 0.2) is 0 Å². The lowest BCUT2D eigenvalue weighted by molar-refractivity contribution is -0.292. The summed E-state index contributed by atoms with van der Waals surface area (Å²) >= 11 is 0. The predicted octanol–water partition coefficient (Wildman–Crippen LogP) is -2.65. The fraction of sp³-hybridized carbons (Fsp3) is 0.875. The molecule has 7 nitrogen and oxygen atoms in total. The number of aliphatic hydroxyl groups is 4. The van der Waals surface area contributed by atoms with Crippen molar-refractivity contribution < 1.29 is 36.1 Å². The van der Waals surface area contributed by atoms with Gasteiger partial charge in [0.15, 0.2) is 0 Å². The molecule has 0 bridgehead atoms. The van der Waals surface area contributed by atoms with Crippen LogP contribution >= 0.6 is 0 Å². The summed E-state index contributed by atoms with van der Waals surface area (Å²) in [7, 11) is 0. The molecule has 1 heterocycles. The fourth-order valence-corrected chi connectivity index (χ4v) is 1.29. The average molecular weight is 223 g/mol. The van der Waals surface area contributed by atoms with E-state index in [4.69, 9.17) is 11.2 Å². The molecule has 0 radical (unpaired) electrons. The van der Waals surface area contributed by atoms with Gasteiger partial charge in [-0.2, -0.15) is 0 Å². The maximum absolute atomic E-state index is 10.8. The number of hydrogen-bond acceptors (Lipinski definition) is 7. The summed E-state index contributed by atoms with van der Waals surface area (Å²) in [6.45, 7) is -1.26. The van der Waals surface area contributed by atoms with E-state index in [0.717, 1.165) is 0 Å². The van der Waals surface area contributed by atoms with Gasteiger partial charge in [-0.1, -0.05) is 0 Å². The van der Waals surface area contributed by atoms with Crippen LogP contribution in [0.4, 0.5) is 0 Å². The molecule has 0 aromatic rings. The van der Waals surface area contributed by atoms with E-state index in [2.05, 4.69) is 4.74 Å². The van der Waals surface area contributed by atoms with Crippen molar-refractivity contribution in [1.29, 1.82) is 0 Å². The van der Waals surface area contributed by atoms with E-state index in [-0.39, 0.29) is 0 Å². The monoisotopic (exact) mass is 223 g/mol. The highest BCUT2D eigenvalue weighted by molar-refractivity contribution is 5.66. The zero-order valence-electron chi connectivity index (χ0n) is 8.81. The van der Waals surface area contributed by atoms with Crippen LogP contribution in [-0.2, 0) is 14.3 Å². The summed E-state index contributed by atoms with van der Waals surface area (Å²) in [5.74, 6) is -0.940. The molecule has 7 heteroatoms. The summed E-state index contributed by atoms with van der Waals surface area (Å²) in [6, 6.07) is 0. The van der Waals surface area contributed by atoms with Gasteiger partial charge in [-0.25, -0.2) is 0 Å². The van der Waals surface area contributed by atoms with E-state index < -0.39 is 50.2 Å². The molecule has 0 spiro atoms. The number of carbonyl (C=O) groups is 1. The van der Waals surface area contributed by atoms with Gasteiger partial charge in [-0.3, -0.25) is 4.79 Å². The van der Waals surface area contributed by atoms with Crippen LogP contribution in [0.3, 0.4) is 0 Å². The normalized spacial score (nSPS) is 42.1. The Hall–Kier alpha value is -0.730. The SMILES string of the molecule is [2H]CC(=O)OC1O[C@H](CO)[C@@H](O)[C@H](O)[C@H]1O. The highest BCUT2D eigenvalue weighted by Gasteiger charge is 2.44. The Morgan fingerprint density at radius 3 is 2.60 bits per heavy atom. The third kappa shape index (κ3) is 2.64. The number of ether oxygens (including phenoxy) is 2. The molecule has 1 rings (SSSR count). The molecule has 88 valence electrons. The molecule has 5 atom stereocenters. The first kappa shape index (κ1) is 10.8. The second-order valence-electron chi connectivity index (χ2n) is 3.19. The Labute approximate surface area is 87.3 Å². The number of aliphatic hydroxyl groups excluding tert-OH is 4. The fourth-order valence-electron chi connectivity index (χ4n) is 1.29. The standard InChI is InChI=1S/C8H14O7/c1-3(10)14-8-7(13)6(12)5(11)4(2-9)15-8/h4-9,11-13H,2H2,1H3/t4-,5-,6+,7-,8?/m1/s1/i1D. The summed E-state index contributed by atoms with van der Waals surface area (Å²) in [6.07, 6.45) is -7.32. The van der Waals surface area contributed by atoms with Gasteiger partial charge in [-0.15, -0.1) is 0 Å². The quantitative estimate of drug-likeness (QED) is 0.378. The second-order valence-corrected chi connectivity index (χ2v) is 3.19. The van der Waals surface area contributed by atoms with E-state index in [1.165, 1.54) is 0 Å². The smallest absolute Gasteiger partial charge is 0.305 e.